The van der Waals surface area contributed by atoms with Crippen LogP contribution in [0.5, 0.6) is 0 Å². The molecule has 15 heavy (non-hydrogen) atoms. The van der Waals surface area contributed by atoms with E-state index in [0.29, 0.717) is 5.92 Å². The van der Waals surface area contributed by atoms with Gasteiger partial charge in [-0.1, -0.05) is 19.1 Å². The smallest absolute Gasteiger partial charge is 0.256 e. The van der Waals surface area contributed by atoms with E-state index >= 15 is 0 Å². The van der Waals surface area contributed by atoms with Crippen LogP contribution in [0, 0.1) is 11.7 Å². The average Bonchev–Trinajstić information content (AvgIpc) is 2.65. The van der Waals surface area contributed by atoms with Crippen LogP contribution in [0.15, 0.2) is 24.3 Å². The molecule has 0 N–H and O–H groups in total. The normalized spacial score (nSPS) is 20.7. The van der Waals surface area contributed by atoms with Crippen molar-refractivity contribution >= 4 is 5.91 Å². The van der Waals surface area contributed by atoms with Crippen LogP contribution in [0.3, 0.4) is 0 Å². The maximum absolute atomic E-state index is 13.3. The molecule has 1 fully saturated rings. The van der Waals surface area contributed by atoms with Crippen molar-refractivity contribution in [2.75, 3.05) is 13.1 Å². The zero-order valence-corrected chi connectivity index (χ0v) is 8.74. The molecule has 1 aliphatic heterocycles. The van der Waals surface area contributed by atoms with Crippen molar-refractivity contribution in [3.8, 4) is 0 Å². The maximum Gasteiger partial charge on any atom is 0.256 e. The van der Waals surface area contributed by atoms with Crippen LogP contribution in [0.25, 0.3) is 0 Å². The van der Waals surface area contributed by atoms with E-state index in [4.69, 9.17) is 0 Å². The molecular weight excluding hydrogens is 193 g/mol. The molecule has 0 aromatic heterocycles. The van der Waals surface area contributed by atoms with E-state index in [-0.39, 0.29) is 11.5 Å². The summed E-state index contributed by atoms with van der Waals surface area (Å²) in [7, 11) is 0. The Bertz CT molecular complexity index is 378. The van der Waals surface area contributed by atoms with E-state index in [2.05, 4.69) is 6.92 Å². The number of benzene rings is 1. The number of hydrogen-bond acceptors (Lipinski definition) is 1. The van der Waals surface area contributed by atoms with E-state index < -0.39 is 5.82 Å². The van der Waals surface area contributed by atoms with E-state index in [0.717, 1.165) is 19.5 Å². The number of rotatable bonds is 1. The number of nitrogens with zero attached hydrogens (tertiary/aromatic N) is 1. The Kier molecular flexibility index (Phi) is 2.71. The zero-order chi connectivity index (χ0) is 10.8. The topological polar surface area (TPSA) is 20.3 Å². The van der Waals surface area contributed by atoms with E-state index in [9.17, 15) is 9.18 Å². The molecular formula is C12H14FNO. The maximum atomic E-state index is 13.3. The fourth-order valence-electron chi connectivity index (χ4n) is 1.92. The van der Waals surface area contributed by atoms with Crippen molar-refractivity contribution in [3.05, 3.63) is 35.6 Å². The first kappa shape index (κ1) is 10.1. The summed E-state index contributed by atoms with van der Waals surface area (Å²) in [5.74, 6) is -0.0831. The number of hydrogen-bond donors (Lipinski definition) is 0. The predicted octanol–water partition coefficient (Wildman–Crippen LogP) is 2.31. The summed E-state index contributed by atoms with van der Waals surface area (Å²) in [6, 6.07) is 6.15. The fourth-order valence-corrected chi connectivity index (χ4v) is 1.92. The molecule has 1 saturated heterocycles. The quantitative estimate of drug-likeness (QED) is 0.692. The molecule has 0 bridgehead atoms. The summed E-state index contributed by atoms with van der Waals surface area (Å²) < 4.78 is 13.3. The predicted molar refractivity (Wildman–Crippen MR) is 56.1 cm³/mol. The van der Waals surface area contributed by atoms with Gasteiger partial charge in [0.15, 0.2) is 0 Å². The Balaban J connectivity index is 2.18. The highest BCUT2D eigenvalue weighted by molar-refractivity contribution is 5.94. The molecule has 1 aromatic carbocycles. The van der Waals surface area contributed by atoms with Gasteiger partial charge in [-0.15, -0.1) is 0 Å². The Hall–Kier alpha value is -1.38. The molecule has 2 rings (SSSR count). The van der Waals surface area contributed by atoms with Gasteiger partial charge in [0.05, 0.1) is 5.56 Å². The minimum absolute atomic E-state index is 0.183. The van der Waals surface area contributed by atoms with Gasteiger partial charge in [-0.05, 0) is 24.5 Å². The molecule has 0 saturated carbocycles. The largest absolute Gasteiger partial charge is 0.338 e. The van der Waals surface area contributed by atoms with Gasteiger partial charge in [-0.2, -0.15) is 0 Å². The van der Waals surface area contributed by atoms with Crippen molar-refractivity contribution in [3.63, 3.8) is 0 Å². The van der Waals surface area contributed by atoms with E-state index in [1.54, 1.807) is 23.1 Å². The summed E-state index contributed by atoms with van der Waals surface area (Å²) in [5, 5.41) is 0. The van der Waals surface area contributed by atoms with Gasteiger partial charge in [0.1, 0.15) is 5.82 Å². The summed E-state index contributed by atoms with van der Waals surface area (Å²) >= 11 is 0. The Morgan fingerprint density at radius 1 is 1.47 bits per heavy atom. The van der Waals surface area contributed by atoms with Crippen LogP contribution in [0.1, 0.15) is 23.7 Å². The summed E-state index contributed by atoms with van der Waals surface area (Å²) in [5.41, 5.74) is 0.187. The first-order valence-electron chi connectivity index (χ1n) is 5.22. The third kappa shape index (κ3) is 2.01. The molecule has 3 heteroatoms. The van der Waals surface area contributed by atoms with Gasteiger partial charge in [0.2, 0.25) is 0 Å². The van der Waals surface area contributed by atoms with Crippen molar-refractivity contribution in [2.24, 2.45) is 5.92 Å². The highest BCUT2D eigenvalue weighted by Gasteiger charge is 2.25. The van der Waals surface area contributed by atoms with Crippen LogP contribution in [0.2, 0.25) is 0 Å². The van der Waals surface area contributed by atoms with Crippen molar-refractivity contribution in [2.45, 2.75) is 13.3 Å². The Morgan fingerprint density at radius 3 is 2.80 bits per heavy atom. The second-order valence-electron chi connectivity index (χ2n) is 4.12. The highest BCUT2D eigenvalue weighted by Crippen LogP contribution is 2.18. The number of carbonyl (C=O) groups excluding carboxylic acids is 1. The third-order valence-corrected chi connectivity index (χ3v) is 2.82. The monoisotopic (exact) mass is 207 g/mol. The van der Waals surface area contributed by atoms with Crippen LogP contribution >= 0.6 is 0 Å². The molecule has 1 heterocycles. The van der Waals surface area contributed by atoms with Gasteiger partial charge in [-0.3, -0.25) is 4.79 Å². The second kappa shape index (κ2) is 4.01. The molecule has 1 atom stereocenters. The minimum Gasteiger partial charge on any atom is -0.338 e. The highest BCUT2D eigenvalue weighted by atomic mass is 19.1. The summed E-state index contributed by atoms with van der Waals surface area (Å²) in [6.45, 7) is 3.59. The third-order valence-electron chi connectivity index (χ3n) is 2.82. The first-order valence-corrected chi connectivity index (χ1v) is 5.22. The molecule has 0 spiro atoms. The van der Waals surface area contributed by atoms with Crippen LogP contribution in [-0.4, -0.2) is 23.9 Å². The molecule has 80 valence electrons. The molecule has 2 nitrogen and oxygen atoms in total. The SMILES string of the molecule is CC1CCN(C(=O)c2ccccc2F)C1. The van der Waals surface area contributed by atoms with Crippen molar-refractivity contribution in [1.82, 2.24) is 4.90 Å². The van der Waals surface area contributed by atoms with Gasteiger partial charge in [-0.25, -0.2) is 4.39 Å². The van der Waals surface area contributed by atoms with E-state index in [1.807, 2.05) is 0 Å². The zero-order valence-electron chi connectivity index (χ0n) is 8.74. The second-order valence-corrected chi connectivity index (χ2v) is 4.12. The van der Waals surface area contributed by atoms with Crippen molar-refractivity contribution < 1.29 is 9.18 Å². The lowest BCUT2D eigenvalue weighted by atomic mass is 10.1. The number of carbonyl (C=O) groups is 1. The molecule has 0 radical (unpaired) electrons. The molecule has 0 aliphatic carbocycles. The van der Waals surface area contributed by atoms with Gasteiger partial charge in [0, 0.05) is 13.1 Å². The number of amides is 1. The Labute approximate surface area is 88.7 Å². The number of halogens is 1. The molecule has 1 aromatic rings. The first-order chi connectivity index (χ1) is 7.18. The van der Waals surface area contributed by atoms with Gasteiger partial charge >= 0.3 is 0 Å². The standard InChI is InChI=1S/C12H14FNO/c1-9-6-7-14(8-9)12(15)10-4-2-3-5-11(10)13/h2-5,9H,6-8H2,1H3. The molecule has 1 amide bonds. The lowest BCUT2D eigenvalue weighted by molar-refractivity contribution is 0.0783. The van der Waals surface area contributed by atoms with Crippen molar-refractivity contribution in [1.29, 1.82) is 0 Å². The van der Waals surface area contributed by atoms with E-state index in [1.165, 1.54) is 6.07 Å². The molecule has 1 aliphatic rings. The fraction of sp³-hybridized carbons (Fsp3) is 0.417. The van der Waals surface area contributed by atoms with Crippen LogP contribution in [0.4, 0.5) is 4.39 Å². The summed E-state index contributed by atoms with van der Waals surface area (Å²) in [4.78, 5) is 13.6. The number of likely N-dealkylation sites (tertiary alicyclic amines) is 1. The average molecular weight is 207 g/mol. The van der Waals surface area contributed by atoms with Crippen LogP contribution in [-0.2, 0) is 0 Å². The lowest BCUT2D eigenvalue weighted by Crippen LogP contribution is -2.29. The van der Waals surface area contributed by atoms with Gasteiger partial charge < -0.3 is 4.90 Å². The Morgan fingerprint density at radius 2 is 2.20 bits per heavy atom. The summed E-state index contributed by atoms with van der Waals surface area (Å²) in [6.07, 6.45) is 1.01. The molecule has 1 unspecified atom stereocenters. The lowest BCUT2D eigenvalue weighted by Gasteiger charge is -2.16. The van der Waals surface area contributed by atoms with Crippen LogP contribution < -0.4 is 0 Å². The minimum atomic E-state index is -0.429. The van der Waals surface area contributed by atoms with Gasteiger partial charge in [0.25, 0.3) is 5.91 Å².